The predicted octanol–water partition coefficient (Wildman–Crippen LogP) is 23.2. The van der Waals surface area contributed by atoms with Crippen LogP contribution >= 0.6 is 15.6 Å². The van der Waals surface area contributed by atoms with E-state index in [-0.39, 0.29) is 25.7 Å². The Balaban J connectivity index is 5.37. The Bertz CT molecular complexity index is 2180. The van der Waals surface area contributed by atoms with Gasteiger partial charge in [0.25, 0.3) is 0 Å². The van der Waals surface area contributed by atoms with Crippen LogP contribution in [0.25, 0.3) is 0 Å². The van der Waals surface area contributed by atoms with E-state index in [1.165, 1.54) is 116 Å². The zero-order chi connectivity index (χ0) is 73.2. The Labute approximate surface area is 609 Å². The second-order valence-electron chi connectivity index (χ2n) is 27.0. The van der Waals surface area contributed by atoms with Gasteiger partial charge < -0.3 is 33.8 Å². The molecule has 0 aromatic carbocycles. The molecule has 0 fully saturated rings. The number of phosphoric acid groups is 2. The highest BCUT2D eigenvalue weighted by Crippen LogP contribution is 2.45. The lowest BCUT2D eigenvalue weighted by atomic mass is 10.1. The maximum atomic E-state index is 13.1. The van der Waals surface area contributed by atoms with Crippen LogP contribution in [0.2, 0.25) is 0 Å². The van der Waals surface area contributed by atoms with Gasteiger partial charge in [0.05, 0.1) is 26.4 Å². The monoisotopic (exact) mass is 1450 g/mol. The Kier molecular flexibility index (Phi) is 71.2. The Morgan fingerprint density at radius 1 is 0.280 bits per heavy atom. The number of carbonyl (C=O) groups excluding carboxylic acids is 4. The van der Waals surface area contributed by atoms with E-state index < -0.39 is 97.5 Å². The van der Waals surface area contributed by atoms with Gasteiger partial charge in [-0.3, -0.25) is 37.3 Å². The highest BCUT2D eigenvalue weighted by Gasteiger charge is 2.30. The van der Waals surface area contributed by atoms with Crippen molar-refractivity contribution in [2.75, 3.05) is 39.6 Å². The third-order valence-electron chi connectivity index (χ3n) is 17.1. The van der Waals surface area contributed by atoms with Crippen molar-refractivity contribution in [3.8, 4) is 0 Å². The fourth-order valence-corrected chi connectivity index (χ4v) is 12.5. The highest BCUT2D eigenvalue weighted by atomic mass is 31.2. The van der Waals surface area contributed by atoms with E-state index in [0.717, 1.165) is 167 Å². The largest absolute Gasteiger partial charge is 0.472 e. The van der Waals surface area contributed by atoms with Crippen molar-refractivity contribution in [3.63, 3.8) is 0 Å². The molecule has 0 aromatic rings. The van der Waals surface area contributed by atoms with Crippen molar-refractivity contribution in [2.24, 2.45) is 0 Å². The van der Waals surface area contributed by atoms with Gasteiger partial charge in [0.15, 0.2) is 12.2 Å². The Morgan fingerprint density at radius 3 is 0.770 bits per heavy atom. The van der Waals surface area contributed by atoms with Gasteiger partial charge in [-0.15, -0.1) is 0 Å². The average Bonchev–Trinajstić information content (AvgIpc) is 1.01. The summed E-state index contributed by atoms with van der Waals surface area (Å²) < 4.78 is 68.6. The quantitative estimate of drug-likeness (QED) is 0.0169. The number of allylic oxidation sites excluding steroid dienone is 12. The number of aliphatic hydroxyl groups excluding tert-OH is 1. The van der Waals surface area contributed by atoms with E-state index >= 15 is 0 Å². The normalized spacial score (nSPS) is 14.3. The summed E-state index contributed by atoms with van der Waals surface area (Å²) in [6.45, 7) is 4.82. The minimum Gasteiger partial charge on any atom is -0.462 e. The van der Waals surface area contributed by atoms with Crippen LogP contribution in [0.1, 0.15) is 362 Å². The number of esters is 4. The van der Waals surface area contributed by atoms with Crippen molar-refractivity contribution in [3.05, 3.63) is 72.9 Å². The van der Waals surface area contributed by atoms with Gasteiger partial charge in [-0.25, -0.2) is 9.13 Å². The molecular weight excluding hydrogens is 1310 g/mol. The summed E-state index contributed by atoms with van der Waals surface area (Å²) in [4.78, 5) is 73.0. The van der Waals surface area contributed by atoms with Crippen molar-refractivity contribution >= 4 is 39.5 Å². The van der Waals surface area contributed by atoms with Gasteiger partial charge in [0, 0.05) is 25.7 Å². The van der Waals surface area contributed by atoms with Gasteiger partial charge in [0.2, 0.25) is 0 Å². The fraction of sp³-hybridized carbons (Fsp3) is 0.802. The van der Waals surface area contributed by atoms with E-state index in [1.807, 2.05) is 0 Å². The number of hydrogen-bond donors (Lipinski definition) is 3. The molecule has 19 heteroatoms. The number of rotatable bonds is 76. The molecule has 100 heavy (non-hydrogen) atoms. The van der Waals surface area contributed by atoms with Gasteiger partial charge in [0.1, 0.15) is 19.3 Å². The molecule has 0 rings (SSSR count). The molecular formula is C81H146O17P2. The number of unbranched alkanes of at least 4 members (excludes halogenated alkanes) is 38. The summed E-state index contributed by atoms with van der Waals surface area (Å²) in [6, 6.07) is 0. The van der Waals surface area contributed by atoms with Crippen LogP contribution in [0.4, 0.5) is 0 Å². The maximum absolute atomic E-state index is 13.1. The van der Waals surface area contributed by atoms with E-state index in [0.29, 0.717) is 25.7 Å². The van der Waals surface area contributed by atoms with Crippen molar-refractivity contribution < 1.29 is 80.2 Å². The maximum Gasteiger partial charge on any atom is 0.472 e. The molecule has 0 amide bonds. The summed E-state index contributed by atoms with van der Waals surface area (Å²) in [5, 5.41) is 10.6. The van der Waals surface area contributed by atoms with Crippen molar-refractivity contribution in [1.82, 2.24) is 0 Å². The summed E-state index contributed by atoms with van der Waals surface area (Å²) in [5.41, 5.74) is 0. The number of aliphatic hydroxyl groups is 1. The summed E-state index contributed by atoms with van der Waals surface area (Å²) >= 11 is 0. The predicted molar refractivity (Wildman–Crippen MR) is 409 cm³/mol. The Hall–Kier alpha value is -3.50. The molecule has 0 aliphatic heterocycles. The zero-order valence-electron chi connectivity index (χ0n) is 63.6. The molecule has 0 radical (unpaired) electrons. The molecule has 582 valence electrons. The molecule has 0 aromatic heterocycles. The molecule has 0 spiro atoms. The topological polar surface area (TPSA) is 237 Å². The van der Waals surface area contributed by atoms with E-state index in [2.05, 4.69) is 101 Å². The molecule has 3 N–H and O–H groups in total. The standard InChI is InChI=1S/C81H146O17P2/c1-5-9-13-17-21-25-29-33-37-41-45-49-53-57-61-65-78(83)91-71-76(97-80(85)67-63-59-55-51-47-43-39-35-31-27-23-19-15-11-7-3)73-95-99(87,88)93-69-75(82)70-94-100(89,90)96-74-77(98-81(86)68-64-60-56-52-48-44-40-36-32-28-24-20-16-12-8-4)72-92-79(84)66-62-58-54-50-46-42-38-34-30-26-22-18-14-10-6-2/h21,23,25,27,33-40,75-77,82H,5-20,22,24,26,28-32,41-74H2,1-4H3,(H,87,88)(H,89,90)/b25-21-,27-23-,37-33-,38-34-,39-35-,40-36-. The first-order valence-electron chi connectivity index (χ1n) is 40.2. The third kappa shape index (κ3) is 72.8. The molecule has 5 atom stereocenters. The van der Waals surface area contributed by atoms with Crippen LogP contribution < -0.4 is 0 Å². The Morgan fingerprint density at radius 2 is 0.490 bits per heavy atom. The molecule has 0 aliphatic carbocycles. The molecule has 0 heterocycles. The first-order chi connectivity index (χ1) is 48.7. The van der Waals surface area contributed by atoms with Crippen LogP contribution in [0.15, 0.2) is 72.9 Å². The molecule has 17 nitrogen and oxygen atoms in total. The molecule has 5 unspecified atom stereocenters. The summed E-state index contributed by atoms with van der Waals surface area (Å²) in [6.07, 6.45) is 74.4. The van der Waals surface area contributed by atoms with Crippen LogP contribution in [-0.4, -0.2) is 96.7 Å². The highest BCUT2D eigenvalue weighted by molar-refractivity contribution is 7.47. The lowest BCUT2D eigenvalue weighted by molar-refractivity contribution is -0.161. The second kappa shape index (κ2) is 73.8. The van der Waals surface area contributed by atoms with E-state index in [4.69, 9.17) is 37.0 Å². The number of hydrogen-bond acceptors (Lipinski definition) is 15. The minimum atomic E-state index is -4.98. The first-order valence-corrected chi connectivity index (χ1v) is 43.2. The van der Waals surface area contributed by atoms with E-state index in [9.17, 15) is 43.2 Å². The van der Waals surface area contributed by atoms with Gasteiger partial charge in [-0.05, 0) is 141 Å². The summed E-state index contributed by atoms with van der Waals surface area (Å²) in [7, 11) is -9.96. The number of phosphoric ester groups is 2. The molecule has 0 saturated carbocycles. The molecule has 0 aliphatic rings. The number of ether oxygens (including phenoxy) is 4. The fourth-order valence-electron chi connectivity index (χ4n) is 10.9. The lowest BCUT2D eigenvalue weighted by Crippen LogP contribution is -2.30. The minimum absolute atomic E-state index is 0.0779. The second-order valence-corrected chi connectivity index (χ2v) is 29.9. The van der Waals surface area contributed by atoms with Crippen LogP contribution in [0.3, 0.4) is 0 Å². The van der Waals surface area contributed by atoms with Gasteiger partial charge >= 0.3 is 39.5 Å². The average molecular weight is 1450 g/mol. The summed E-state index contributed by atoms with van der Waals surface area (Å²) in [5.74, 6) is -2.20. The van der Waals surface area contributed by atoms with Crippen LogP contribution in [-0.2, 0) is 65.4 Å². The van der Waals surface area contributed by atoms with E-state index in [1.54, 1.807) is 0 Å². The van der Waals surface area contributed by atoms with Crippen molar-refractivity contribution in [2.45, 2.75) is 380 Å². The molecule has 0 saturated heterocycles. The SMILES string of the molecule is CCCCC/C=C\C/C=C\CCCCCCCC(=O)OCC(COP(=O)(O)OCC(O)COP(=O)(O)OCC(COC(=O)CCCCCCC/C=C\CCCCCCCC)OC(=O)CCCCCCC/C=C\CCCCCCCC)OC(=O)CCCCCCC/C=C\C/C=C\CCCCC. The number of carbonyl (C=O) groups is 4. The lowest BCUT2D eigenvalue weighted by Gasteiger charge is -2.21. The van der Waals surface area contributed by atoms with Crippen LogP contribution in [0.5, 0.6) is 0 Å². The smallest absolute Gasteiger partial charge is 0.462 e. The van der Waals surface area contributed by atoms with Crippen LogP contribution in [0, 0.1) is 0 Å². The molecule has 0 bridgehead atoms. The van der Waals surface area contributed by atoms with Gasteiger partial charge in [-0.1, -0.05) is 268 Å². The zero-order valence-corrected chi connectivity index (χ0v) is 65.4. The van der Waals surface area contributed by atoms with Crippen molar-refractivity contribution in [1.29, 1.82) is 0 Å². The first kappa shape index (κ1) is 96.5. The van der Waals surface area contributed by atoms with Gasteiger partial charge in [-0.2, -0.15) is 0 Å². The third-order valence-corrected chi connectivity index (χ3v) is 19.0.